The molecule has 5 heteroatoms. The van der Waals surface area contributed by atoms with Gasteiger partial charge < -0.3 is 9.64 Å². The van der Waals surface area contributed by atoms with Crippen LogP contribution in [0.4, 0.5) is 5.82 Å². The second kappa shape index (κ2) is 5.24. The van der Waals surface area contributed by atoms with Crippen LogP contribution in [0.25, 0.3) is 5.69 Å². The predicted molar refractivity (Wildman–Crippen MR) is 72.0 cm³/mol. The standard InChI is InChI=1S/C14H15N3O2/c18-11-12-10-14(16-6-8-19-9-7-16)17(15-12)13-4-2-1-3-5-13/h1-5,10-11H,6-9H2. The molecule has 1 fully saturated rings. The third kappa shape index (κ3) is 2.37. The molecule has 0 unspecified atom stereocenters. The van der Waals surface area contributed by atoms with Gasteiger partial charge in [-0.15, -0.1) is 0 Å². The van der Waals surface area contributed by atoms with E-state index in [1.807, 2.05) is 41.1 Å². The summed E-state index contributed by atoms with van der Waals surface area (Å²) in [6.07, 6.45) is 0.781. The molecule has 1 aliphatic rings. The Morgan fingerprint density at radius 3 is 2.58 bits per heavy atom. The molecule has 1 aliphatic heterocycles. The summed E-state index contributed by atoms with van der Waals surface area (Å²) in [5.41, 5.74) is 1.41. The summed E-state index contributed by atoms with van der Waals surface area (Å²) in [5, 5.41) is 4.34. The predicted octanol–water partition coefficient (Wildman–Crippen LogP) is 1.52. The molecule has 5 nitrogen and oxygen atoms in total. The fraction of sp³-hybridized carbons (Fsp3) is 0.286. The van der Waals surface area contributed by atoms with Crippen LogP contribution in [0, 0.1) is 0 Å². The topological polar surface area (TPSA) is 47.4 Å². The molecule has 0 N–H and O–H groups in total. The van der Waals surface area contributed by atoms with Gasteiger partial charge in [0.15, 0.2) is 6.29 Å². The molecule has 0 amide bonds. The van der Waals surface area contributed by atoms with Crippen LogP contribution in [-0.2, 0) is 4.74 Å². The van der Waals surface area contributed by atoms with Crippen LogP contribution >= 0.6 is 0 Å². The van der Waals surface area contributed by atoms with E-state index in [4.69, 9.17) is 4.74 Å². The van der Waals surface area contributed by atoms with E-state index in [1.165, 1.54) is 0 Å². The highest BCUT2D eigenvalue weighted by molar-refractivity contribution is 5.74. The zero-order chi connectivity index (χ0) is 13.1. The van der Waals surface area contributed by atoms with Gasteiger partial charge in [-0.2, -0.15) is 5.10 Å². The van der Waals surface area contributed by atoms with Crippen LogP contribution in [0.1, 0.15) is 10.5 Å². The Hall–Kier alpha value is -2.14. The normalized spacial score (nSPS) is 15.5. The van der Waals surface area contributed by atoms with E-state index < -0.39 is 0 Å². The second-order valence-electron chi connectivity index (χ2n) is 4.39. The zero-order valence-electron chi connectivity index (χ0n) is 10.5. The number of anilines is 1. The number of carbonyl (C=O) groups is 1. The average molecular weight is 257 g/mol. The van der Waals surface area contributed by atoms with Gasteiger partial charge >= 0.3 is 0 Å². The van der Waals surface area contributed by atoms with Gasteiger partial charge in [-0.3, -0.25) is 4.79 Å². The van der Waals surface area contributed by atoms with Crippen molar-refractivity contribution in [3.8, 4) is 5.69 Å². The lowest BCUT2D eigenvalue weighted by molar-refractivity contribution is 0.111. The summed E-state index contributed by atoms with van der Waals surface area (Å²) in [4.78, 5) is 13.2. The highest BCUT2D eigenvalue weighted by Crippen LogP contribution is 2.21. The molecule has 0 spiro atoms. The Balaban J connectivity index is 2.02. The summed E-state index contributed by atoms with van der Waals surface area (Å²) in [6, 6.07) is 11.7. The number of hydrogen-bond donors (Lipinski definition) is 0. The van der Waals surface area contributed by atoms with Crippen molar-refractivity contribution in [1.29, 1.82) is 0 Å². The smallest absolute Gasteiger partial charge is 0.170 e. The van der Waals surface area contributed by atoms with Gasteiger partial charge in [-0.05, 0) is 12.1 Å². The molecule has 2 heterocycles. The van der Waals surface area contributed by atoms with Crippen LogP contribution in [0.15, 0.2) is 36.4 Å². The van der Waals surface area contributed by atoms with E-state index in [0.29, 0.717) is 18.9 Å². The number of nitrogens with zero attached hydrogens (tertiary/aromatic N) is 3. The summed E-state index contributed by atoms with van der Waals surface area (Å²) in [6.45, 7) is 3.04. The number of aldehydes is 1. The van der Waals surface area contributed by atoms with Crippen LogP contribution in [0.3, 0.4) is 0 Å². The first kappa shape index (κ1) is 11.9. The molecule has 19 heavy (non-hydrogen) atoms. The second-order valence-corrected chi connectivity index (χ2v) is 4.39. The fourth-order valence-corrected chi connectivity index (χ4v) is 2.22. The Morgan fingerprint density at radius 2 is 1.89 bits per heavy atom. The van der Waals surface area contributed by atoms with Gasteiger partial charge in [-0.25, -0.2) is 4.68 Å². The number of aromatic nitrogens is 2. The van der Waals surface area contributed by atoms with Gasteiger partial charge in [0.1, 0.15) is 11.5 Å². The molecule has 0 aliphatic carbocycles. The highest BCUT2D eigenvalue weighted by Gasteiger charge is 2.18. The van der Waals surface area contributed by atoms with Gasteiger partial charge in [0.05, 0.1) is 18.9 Å². The number of morpholine rings is 1. The molecule has 1 saturated heterocycles. The number of para-hydroxylation sites is 1. The molecule has 0 atom stereocenters. The van der Waals surface area contributed by atoms with Crippen molar-refractivity contribution in [2.75, 3.05) is 31.2 Å². The number of hydrogen-bond acceptors (Lipinski definition) is 4. The number of ether oxygens (including phenoxy) is 1. The van der Waals surface area contributed by atoms with E-state index in [0.717, 1.165) is 30.9 Å². The lowest BCUT2D eigenvalue weighted by Gasteiger charge is -2.28. The van der Waals surface area contributed by atoms with Crippen molar-refractivity contribution in [2.45, 2.75) is 0 Å². The molecular formula is C14H15N3O2. The van der Waals surface area contributed by atoms with Crippen molar-refractivity contribution in [2.24, 2.45) is 0 Å². The van der Waals surface area contributed by atoms with E-state index in [9.17, 15) is 4.79 Å². The Morgan fingerprint density at radius 1 is 1.16 bits per heavy atom. The third-order valence-electron chi connectivity index (χ3n) is 3.17. The van der Waals surface area contributed by atoms with Crippen molar-refractivity contribution >= 4 is 12.1 Å². The largest absolute Gasteiger partial charge is 0.378 e. The maximum atomic E-state index is 11.0. The Bertz CT molecular complexity index is 559. The molecule has 0 radical (unpaired) electrons. The van der Waals surface area contributed by atoms with Crippen molar-refractivity contribution in [3.63, 3.8) is 0 Å². The van der Waals surface area contributed by atoms with Crippen molar-refractivity contribution < 1.29 is 9.53 Å². The van der Waals surface area contributed by atoms with E-state index in [-0.39, 0.29) is 0 Å². The van der Waals surface area contributed by atoms with Crippen LogP contribution in [-0.4, -0.2) is 42.4 Å². The Kier molecular flexibility index (Phi) is 3.29. The van der Waals surface area contributed by atoms with Crippen molar-refractivity contribution in [1.82, 2.24) is 9.78 Å². The molecule has 1 aromatic carbocycles. The molecular weight excluding hydrogens is 242 g/mol. The molecule has 0 saturated carbocycles. The quantitative estimate of drug-likeness (QED) is 0.782. The molecule has 1 aromatic heterocycles. The van der Waals surface area contributed by atoms with Gasteiger partial charge in [0.2, 0.25) is 0 Å². The van der Waals surface area contributed by atoms with Gasteiger partial charge in [0.25, 0.3) is 0 Å². The minimum atomic E-state index is 0.449. The fourth-order valence-electron chi connectivity index (χ4n) is 2.22. The number of carbonyl (C=O) groups excluding carboxylic acids is 1. The minimum Gasteiger partial charge on any atom is -0.378 e. The lowest BCUT2D eigenvalue weighted by atomic mass is 10.3. The van der Waals surface area contributed by atoms with E-state index in [2.05, 4.69) is 10.00 Å². The van der Waals surface area contributed by atoms with Gasteiger partial charge in [-0.1, -0.05) is 18.2 Å². The lowest BCUT2D eigenvalue weighted by Crippen LogP contribution is -2.37. The SMILES string of the molecule is O=Cc1cc(N2CCOCC2)n(-c2ccccc2)n1. The average Bonchev–Trinajstić information content (AvgIpc) is 2.93. The monoisotopic (exact) mass is 257 g/mol. The minimum absolute atomic E-state index is 0.449. The maximum Gasteiger partial charge on any atom is 0.170 e. The Labute approximate surface area is 111 Å². The molecule has 98 valence electrons. The summed E-state index contributed by atoms with van der Waals surface area (Å²) >= 11 is 0. The van der Waals surface area contributed by atoms with E-state index >= 15 is 0 Å². The first-order valence-corrected chi connectivity index (χ1v) is 6.32. The molecule has 2 aromatic rings. The number of benzene rings is 1. The zero-order valence-corrected chi connectivity index (χ0v) is 10.5. The van der Waals surface area contributed by atoms with Crippen LogP contribution in [0.2, 0.25) is 0 Å². The number of rotatable bonds is 3. The molecule has 3 rings (SSSR count). The maximum absolute atomic E-state index is 11.0. The first-order chi connectivity index (χ1) is 9.38. The molecule has 0 bridgehead atoms. The summed E-state index contributed by atoms with van der Waals surface area (Å²) < 4.78 is 7.17. The highest BCUT2D eigenvalue weighted by atomic mass is 16.5. The van der Waals surface area contributed by atoms with E-state index in [1.54, 1.807) is 0 Å². The van der Waals surface area contributed by atoms with Crippen LogP contribution in [0.5, 0.6) is 0 Å². The van der Waals surface area contributed by atoms with Crippen molar-refractivity contribution in [3.05, 3.63) is 42.1 Å². The summed E-state index contributed by atoms with van der Waals surface area (Å²) in [5.74, 6) is 0.941. The van der Waals surface area contributed by atoms with Crippen LogP contribution < -0.4 is 4.90 Å². The third-order valence-corrected chi connectivity index (χ3v) is 3.17. The summed E-state index contributed by atoms with van der Waals surface area (Å²) in [7, 11) is 0. The first-order valence-electron chi connectivity index (χ1n) is 6.32. The van der Waals surface area contributed by atoms with Gasteiger partial charge in [0, 0.05) is 19.2 Å².